The van der Waals surface area contributed by atoms with E-state index in [2.05, 4.69) is 5.32 Å². The number of fused-ring (bicyclic) bond motifs is 2. The molecule has 1 aliphatic heterocycles. The van der Waals surface area contributed by atoms with Crippen molar-refractivity contribution in [1.29, 1.82) is 5.26 Å². The predicted molar refractivity (Wildman–Crippen MR) is 93.3 cm³/mol. The Morgan fingerprint density at radius 2 is 1.74 bits per heavy atom. The van der Waals surface area contributed by atoms with Crippen LogP contribution in [0, 0.1) is 23.0 Å². The molecule has 2 N–H and O–H groups in total. The van der Waals surface area contributed by atoms with Gasteiger partial charge in [-0.3, -0.25) is 0 Å². The number of hydrogen-bond acceptors (Lipinski definition) is 4. The van der Waals surface area contributed by atoms with Gasteiger partial charge >= 0.3 is 5.97 Å². The van der Waals surface area contributed by atoms with E-state index in [1.807, 2.05) is 6.07 Å². The molecule has 3 aromatic rings. The number of nitriles is 1. The van der Waals surface area contributed by atoms with Gasteiger partial charge in [-0.05, 0) is 41.5 Å². The molecule has 0 saturated carbocycles. The van der Waals surface area contributed by atoms with Gasteiger partial charge in [0.1, 0.15) is 0 Å². The van der Waals surface area contributed by atoms with Crippen molar-refractivity contribution in [3.63, 3.8) is 0 Å². The molecule has 4 rings (SSSR count). The largest absolute Gasteiger partial charge is 0.478 e. The van der Waals surface area contributed by atoms with Crippen molar-refractivity contribution < 1.29 is 23.4 Å². The van der Waals surface area contributed by atoms with Crippen LogP contribution in [0.1, 0.15) is 15.9 Å². The first kappa shape index (κ1) is 16.5. The second kappa shape index (κ2) is 6.11. The number of aromatic carboxylic acids is 1. The van der Waals surface area contributed by atoms with Crippen LogP contribution in [-0.2, 0) is 0 Å². The van der Waals surface area contributed by atoms with Crippen LogP contribution in [0.2, 0.25) is 0 Å². The monoisotopic (exact) mass is 364 g/mol. The number of benzene rings is 3. The van der Waals surface area contributed by atoms with Gasteiger partial charge in [0.05, 0.1) is 28.6 Å². The zero-order valence-electron chi connectivity index (χ0n) is 13.6. The fraction of sp³-hybridized carbons (Fsp3) is 0. The molecule has 0 saturated heterocycles. The third kappa shape index (κ3) is 2.83. The van der Waals surface area contributed by atoms with E-state index in [0.717, 1.165) is 12.1 Å². The zero-order valence-corrected chi connectivity index (χ0v) is 13.6. The number of carboxylic acids is 1. The number of nitrogens with one attached hydrogen (secondary N) is 1. The quantitative estimate of drug-likeness (QED) is 0.520. The minimum absolute atomic E-state index is 0.104. The number of carbonyl (C=O) groups is 1. The molecule has 0 atom stereocenters. The van der Waals surface area contributed by atoms with E-state index in [0.29, 0.717) is 22.6 Å². The molecule has 132 valence electrons. The molecule has 0 fully saturated rings. The van der Waals surface area contributed by atoms with Gasteiger partial charge in [-0.1, -0.05) is 12.1 Å². The number of anilines is 2. The third-order valence-corrected chi connectivity index (χ3v) is 4.17. The number of nitrogens with zero attached hydrogens (tertiary/aromatic N) is 1. The number of ether oxygens (including phenoxy) is 1. The van der Waals surface area contributed by atoms with Crippen molar-refractivity contribution in [3.05, 3.63) is 71.3 Å². The van der Waals surface area contributed by atoms with E-state index in [9.17, 15) is 18.7 Å². The standard InChI is InChI=1S/C20H10F2N2O3/c21-14-3-1-11(7-15(14)22)12-2-4-17-16(8-12)24-19-13(20(25)26)5-10(9-23)6-18(19)27-17/h1-8,24H,(H,25,26). The highest BCUT2D eigenvalue weighted by Gasteiger charge is 2.24. The van der Waals surface area contributed by atoms with Gasteiger partial charge in [0.15, 0.2) is 23.1 Å². The van der Waals surface area contributed by atoms with E-state index < -0.39 is 17.6 Å². The van der Waals surface area contributed by atoms with Gasteiger partial charge < -0.3 is 15.2 Å². The summed E-state index contributed by atoms with van der Waals surface area (Å²) < 4.78 is 32.4. The molecule has 5 nitrogen and oxygen atoms in total. The molecule has 3 aromatic carbocycles. The lowest BCUT2D eigenvalue weighted by Crippen LogP contribution is -2.09. The van der Waals surface area contributed by atoms with Crippen molar-refractivity contribution in [1.82, 2.24) is 0 Å². The first-order chi connectivity index (χ1) is 13.0. The van der Waals surface area contributed by atoms with Gasteiger partial charge in [0, 0.05) is 6.07 Å². The Morgan fingerprint density at radius 1 is 1.00 bits per heavy atom. The molecular formula is C20H10F2N2O3. The first-order valence-corrected chi connectivity index (χ1v) is 7.82. The number of carboxylic acid groups (broad SMARTS) is 1. The van der Waals surface area contributed by atoms with E-state index >= 15 is 0 Å². The van der Waals surface area contributed by atoms with E-state index in [4.69, 9.17) is 10.00 Å². The average Bonchev–Trinajstić information content (AvgIpc) is 2.67. The summed E-state index contributed by atoms with van der Waals surface area (Å²) in [6.45, 7) is 0. The summed E-state index contributed by atoms with van der Waals surface area (Å²) in [7, 11) is 0. The molecule has 0 bridgehead atoms. The maximum absolute atomic E-state index is 13.5. The first-order valence-electron chi connectivity index (χ1n) is 7.82. The summed E-state index contributed by atoms with van der Waals surface area (Å²) in [5, 5.41) is 21.5. The maximum Gasteiger partial charge on any atom is 0.338 e. The Balaban J connectivity index is 1.79. The fourth-order valence-corrected chi connectivity index (χ4v) is 2.88. The molecule has 7 heteroatoms. The van der Waals surface area contributed by atoms with Crippen molar-refractivity contribution >= 4 is 17.3 Å². The minimum Gasteiger partial charge on any atom is -0.478 e. The van der Waals surface area contributed by atoms with Gasteiger partial charge in [-0.15, -0.1) is 0 Å². The molecule has 0 aliphatic carbocycles. The van der Waals surface area contributed by atoms with Crippen LogP contribution in [0.4, 0.5) is 20.2 Å². The molecule has 0 radical (unpaired) electrons. The highest BCUT2D eigenvalue weighted by Crippen LogP contribution is 2.45. The van der Waals surface area contributed by atoms with Crippen LogP contribution < -0.4 is 10.1 Å². The lowest BCUT2D eigenvalue weighted by molar-refractivity contribution is 0.0697. The molecule has 0 amide bonds. The third-order valence-electron chi connectivity index (χ3n) is 4.17. The summed E-state index contributed by atoms with van der Waals surface area (Å²) in [4.78, 5) is 11.5. The summed E-state index contributed by atoms with van der Waals surface area (Å²) in [5.74, 6) is -2.47. The van der Waals surface area contributed by atoms with Crippen LogP contribution in [0.15, 0.2) is 48.5 Å². The highest BCUT2D eigenvalue weighted by molar-refractivity contribution is 5.99. The second-order valence-corrected chi connectivity index (χ2v) is 5.88. The predicted octanol–water partition coefficient (Wildman–Crippen LogP) is 5.05. The van der Waals surface area contributed by atoms with Crippen molar-refractivity contribution in [3.8, 4) is 28.7 Å². The Labute approximate surface area is 152 Å². The van der Waals surface area contributed by atoms with Crippen LogP contribution in [0.25, 0.3) is 11.1 Å². The highest BCUT2D eigenvalue weighted by atomic mass is 19.2. The van der Waals surface area contributed by atoms with Crippen LogP contribution in [0.3, 0.4) is 0 Å². The summed E-state index contributed by atoms with van der Waals surface area (Å²) in [6, 6.07) is 13.1. The summed E-state index contributed by atoms with van der Waals surface area (Å²) in [5.41, 5.74) is 1.80. The molecule has 0 unspecified atom stereocenters. The van der Waals surface area contributed by atoms with Crippen LogP contribution in [-0.4, -0.2) is 11.1 Å². The summed E-state index contributed by atoms with van der Waals surface area (Å²) >= 11 is 0. The topological polar surface area (TPSA) is 82.4 Å². The van der Waals surface area contributed by atoms with E-state index in [1.54, 1.807) is 18.2 Å². The molecule has 27 heavy (non-hydrogen) atoms. The van der Waals surface area contributed by atoms with Crippen LogP contribution >= 0.6 is 0 Å². The Bertz CT molecular complexity index is 1150. The maximum atomic E-state index is 13.5. The molecule has 1 aliphatic rings. The molecular weight excluding hydrogens is 354 g/mol. The fourth-order valence-electron chi connectivity index (χ4n) is 2.88. The lowest BCUT2D eigenvalue weighted by Gasteiger charge is -2.24. The number of hydrogen-bond donors (Lipinski definition) is 2. The minimum atomic E-state index is -1.21. The van der Waals surface area contributed by atoms with Crippen LogP contribution in [0.5, 0.6) is 11.5 Å². The smallest absolute Gasteiger partial charge is 0.338 e. The second-order valence-electron chi connectivity index (χ2n) is 5.88. The van der Waals surface area contributed by atoms with Crippen molar-refractivity contribution in [2.24, 2.45) is 0 Å². The Morgan fingerprint density at radius 3 is 2.44 bits per heavy atom. The van der Waals surface area contributed by atoms with Gasteiger partial charge in [-0.25, -0.2) is 13.6 Å². The van der Waals surface area contributed by atoms with Gasteiger partial charge in [0.25, 0.3) is 0 Å². The Kier molecular flexibility index (Phi) is 3.74. The molecule has 1 heterocycles. The van der Waals surface area contributed by atoms with Gasteiger partial charge in [0.2, 0.25) is 0 Å². The summed E-state index contributed by atoms with van der Waals surface area (Å²) in [6.07, 6.45) is 0. The number of rotatable bonds is 2. The SMILES string of the molecule is N#Cc1cc2c(c(C(=O)O)c1)Nc1cc(-c3ccc(F)c(F)c3)ccc1O2. The van der Waals surface area contributed by atoms with E-state index in [-0.39, 0.29) is 22.6 Å². The van der Waals surface area contributed by atoms with Gasteiger partial charge in [-0.2, -0.15) is 5.26 Å². The average molecular weight is 364 g/mol. The van der Waals surface area contributed by atoms with Crippen molar-refractivity contribution in [2.45, 2.75) is 0 Å². The molecule has 0 spiro atoms. The van der Waals surface area contributed by atoms with E-state index in [1.165, 1.54) is 18.2 Å². The zero-order chi connectivity index (χ0) is 19.1. The Hall–Kier alpha value is -3.92. The normalized spacial score (nSPS) is 11.4. The lowest BCUT2D eigenvalue weighted by atomic mass is 10.0. The number of halogens is 2. The van der Waals surface area contributed by atoms with Crippen molar-refractivity contribution in [2.75, 3.05) is 5.32 Å². The molecule has 0 aromatic heterocycles.